The molecule has 2 N–H and O–H groups in total. The van der Waals surface area contributed by atoms with E-state index in [1.54, 1.807) is 12.1 Å². The highest BCUT2D eigenvalue weighted by atomic mass is 16.6. The summed E-state index contributed by atoms with van der Waals surface area (Å²) in [6.45, 7) is 8.00. The Kier molecular flexibility index (Phi) is 6.82. The standard InChI is InChI=1S/C22H28N4O3/c1-3-21(18-6-4-17(2)5-7-18)23-22(27)16-24-12-14-25(15-13-24)19-8-10-20(11-9-19)26(28)29/h4-11,21H,3,12-16H2,1-2H3,(H,23,27)/p+1/t21-/m0/s1. The fraction of sp³-hybridized carbons (Fsp3) is 0.409. The molecule has 1 fully saturated rings. The molecule has 0 aliphatic carbocycles. The molecule has 154 valence electrons. The van der Waals surface area contributed by atoms with Gasteiger partial charge in [0.1, 0.15) is 0 Å². The molecule has 0 aromatic heterocycles. The second-order valence-electron chi connectivity index (χ2n) is 7.63. The number of hydrogen-bond donors (Lipinski definition) is 2. The molecule has 0 radical (unpaired) electrons. The molecular weight excluding hydrogens is 368 g/mol. The van der Waals surface area contributed by atoms with Crippen molar-refractivity contribution in [3.05, 3.63) is 69.8 Å². The first-order valence-corrected chi connectivity index (χ1v) is 10.1. The van der Waals surface area contributed by atoms with Crippen molar-refractivity contribution >= 4 is 17.3 Å². The van der Waals surface area contributed by atoms with Crippen LogP contribution in [0.3, 0.4) is 0 Å². The van der Waals surface area contributed by atoms with Crippen LogP contribution in [0.15, 0.2) is 48.5 Å². The first kappa shape index (κ1) is 20.8. The summed E-state index contributed by atoms with van der Waals surface area (Å²) in [4.78, 5) is 26.4. The summed E-state index contributed by atoms with van der Waals surface area (Å²) in [5.41, 5.74) is 3.45. The van der Waals surface area contributed by atoms with Crippen molar-refractivity contribution in [3.8, 4) is 0 Å². The molecule has 1 saturated heterocycles. The number of aryl methyl sites for hydroxylation is 1. The summed E-state index contributed by atoms with van der Waals surface area (Å²) in [7, 11) is 0. The van der Waals surface area contributed by atoms with Crippen LogP contribution in [0.1, 0.15) is 30.5 Å². The lowest BCUT2D eigenvalue weighted by Gasteiger charge is -2.33. The van der Waals surface area contributed by atoms with Crippen LogP contribution >= 0.6 is 0 Å². The molecule has 2 aromatic carbocycles. The summed E-state index contributed by atoms with van der Waals surface area (Å²) in [5, 5.41) is 14.0. The monoisotopic (exact) mass is 397 g/mol. The summed E-state index contributed by atoms with van der Waals surface area (Å²) < 4.78 is 0. The van der Waals surface area contributed by atoms with Crippen LogP contribution in [0.25, 0.3) is 0 Å². The van der Waals surface area contributed by atoms with E-state index >= 15 is 0 Å². The van der Waals surface area contributed by atoms with Crippen molar-refractivity contribution in [2.24, 2.45) is 0 Å². The van der Waals surface area contributed by atoms with Gasteiger partial charge in [0, 0.05) is 17.8 Å². The van der Waals surface area contributed by atoms with E-state index in [-0.39, 0.29) is 22.6 Å². The van der Waals surface area contributed by atoms with Crippen molar-refractivity contribution in [2.45, 2.75) is 26.3 Å². The SMILES string of the molecule is CC[C@H](NC(=O)C[NH+]1CCN(c2ccc([N+](=O)[O-])cc2)CC1)c1ccc(C)cc1. The van der Waals surface area contributed by atoms with Crippen molar-refractivity contribution in [2.75, 3.05) is 37.6 Å². The molecule has 3 rings (SSSR count). The minimum absolute atomic E-state index is 0.0453. The molecule has 2 aromatic rings. The number of hydrogen-bond acceptors (Lipinski definition) is 4. The number of nitro benzene ring substituents is 1. The Hall–Kier alpha value is -2.93. The Morgan fingerprint density at radius 3 is 2.31 bits per heavy atom. The average Bonchev–Trinajstić information content (AvgIpc) is 2.73. The number of amides is 1. The van der Waals surface area contributed by atoms with Crippen LogP contribution < -0.4 is 15.1 Å². The number of rotatable bonds is 7. The van der Waals surface area contributed by atoms with E-state index in [0.717, 1.165) is 43.9 Å². The van der Waals surface area contributed by atoms with Crippen LogP contribution in [-0.4, -0.2) is 43.6 Å². The lowest BCUT2D eigenvalue weighted by atomic mass is 10.0. The van der Waals surface area contributed by atoms with Gasteiger partial charge in [-0.1, -0.05) is 36.8 Å². The van der Waals surface area contributed by atoms with Gasteiger partial charge >= 0.3 is 0 Å². The van der Waals surface area contributed by atoms with Gasteiger partial charge in [0.05, 0.1) is 37.1 Å². The van der Waals surface area contributed by atoms with Crippen LogP contribution in [0.4, 0.5) is 11.4 Å². The van der Waals surface area contributed by atoms with Gasteiger partial charge in [0.25, 0.3) is 11.6 Å². The molecule has 0 unspecified atom stereocenters. The molecule has 7 heteroatoms. The molecule has 1 aliphatic rings. The number of piperazine rings is 1. The maximum Gasteiger partial charge on any atom is 0.275 e. The Morgan fingerprint density at radius 2 is 1.76 bits per heavy atom. The number of benzene rings is 2. The second kappa shape index (κ2) is 9.52. The molecule has 1 amide bonds. The Bertz CT molecular complexity index is 828. The largest absolute Gasteiger partial charge is 0.360 e. The Labute approximate surface area is 171 Å². The van der Waals surface area contributed by atoms with Crippen molar-refractivity contribution < 1.29 is 14.6 Å². The number of non-ortho nitro benzene ring substituents is 1. The van der Waals surface area contributed by atoms with Gasteiger partial charge < -0.3 is 15.1 Å². The van der Waals surface area contributed by atoms with Gasteiger partial charge in [-0.2, -0.15) is 0 Å². The van der Waals surface area contributed by atoms with Crippen LogP contribution in [0.2, 0.25) is 0 Å². The molecule has 0 bridgehead atoms. The van der Waals surface area contributed by atoms with E-state index in [1.165, 1.54) is 22.6 Å². The van der Waals surface area contributed by atoms with Crippen molar-refractivity contribution in [1.29, 1.82) is 0 Å². The minimum Gasteiger partial charge on any atom is -0.360 e. The normalized spacial score (nSPS) is 15.7. The number of nitrogens with one attached hydrogen (secondary N) is 2. The third-order valence-corrected chi connectivity index (χ3v) is 5.53. The number of nitro groups is 1. The Morgan fingerprint density at radius 1 is 1.14 bits per heavy atom. The fourth-order valence-electron chi connectivity index (χ4n) is 3.74. The number of anilines is 1. The smallest absolute Gasteiger partial charge is 0.275 e. The third kappa shape index (κ3) is 5.54. The summed E-state index contributed by atoms with van der Waals surface area (Å²) in [6.07, 6.45) is 0.859. The topological polar surface area (TPSA) is 79.9 Å². The molecule has 0 spiro atoms. The van der Waals surface area contributed by atoms with Gasteiger partial charge in [0.15, 0.2) is 6.54 Å². The number of carbonyl (C=O) groups is 1. The van der Waals surface area contributed by atoms with E-state index in [2.05, 4.69) is 48.3 Å². The first-order chi connectivity index (χ1) is 14.0. The van der Waals surface area contributed by atoms with E-state index in [1.807, 2.05) is 0 Å². The van der Waals surface area contributed by atoms with Gasteiger partial charge in [-0.25, -0.2) is 0 Å². The maximum atomic E-state index is 12.6. The zero-order valence-corrected chi connectivity index (χ0v) is 17.1. The highest BCUT2D eigenvalue weighted by molar-refractivity contribution is 5.77. The van der Waals surface area contributed by atoms with E-state index in [9.17, 15) is 14.9 Å². The maximum absolute atomic E-state index is 12.6. The highest BCUT2D eigenvalue weighted by Gasteiger charge is 2.24. The minimum atomic E-state index is -0.384. The number of nitrogens with zero attached hydrogens (tertiary/aromatic N) is 2. The number of quaternary nitrogens is 1. The molecule has 1 aliphatic heterocycles. The highest BCUT2D eigenvalue weighted by Crippen LogP contribution is 2.19. The zero-order chi connectivity index (χ0) is 20.8. The number of carbonyl (C=O) groups excluding carboxylic acids is 1. The van der Waals surface area contributed by atoms with Gasteiger partial charge in [0.2, 0.25) is 0 Å². The predicted octanol–water partition coefficient (Wildman–Crippen LogP) is 1.88. The van der Waals surface area contributed by atoms with E-state index in [0.29, 0.717) is 6.54 Å². The fourth-order valence-corrected chi connectivity index (χ4v) is 3.74. The van der Waals surface area contributed by atoms with E-state index in [4.69, 9.17) is 0 Å². The summed E-state index contributed by atoms with van der Waals surface area (Å²) in [6, 6.07) is 15.0. The summed E-state index contributed by atoms with van der Waals surface area (Å²) >= 11 is 0. The second-order valence-corrected chi connectivity index (χ2v) is 7.63. The molecule has 1 atom stereocenters. The molecule has 1 heterocycles. The molecular formula is C22H29N4O3+. The average molecular weight is 397 g/mol. The molecule has 29 heavy (non-hydrogen) atoms. The predicted molar refractivity (Wildman–Crippen MR) is 113 cm³/mol. The van der Waals surface area contributed by atoms with Gasteiger partial charge in [-0.3, -0.25) is 14.9 Å². The van der Waals surface area contributed by atoms with Crippen LogP contribution in [0.5, 0.6) is 0 Å². The first-order valence-electron chi connectivity index (χ1n) is 10.1. The van der Waals surface area contributed by atoms with Crippen molar-refractivity contribution in [1.82, 2.24) is 5.32 Å². The Balaban J connectivity index is 1.48. The van der Waals surface area contributed by atoms with Crippen LogP contribution in [-0.2, 0) is 4.79 Å². The van der Waals surface area contributed by atoms with Gasteiger partial charge in [-0.05, 0) is 31.0 Å². The summed E-state index contributed by atoms with van der Waals surface area (Å²) in [5.74, 6) is 0.0798. The lowest BCUT2D eigenvalue weighted by Crippen LogP contribution is -3.16. The van der Waals surface area contributed by atoms with Gasteiger partial charge in [-0.15, -0.1) is 0 Å². The van der Waals surface area contributed by atoms with Crippen molar-refractivity contribution in [3.63, 3.8) is 0 Å². The third-order valence-electron chi connectivity index (χ3n) is 5.53. The molecule has 0 saturated carbocycles. The van der Waals surface area contributed by atoms with E-state index < -0.39 is 0 Å². The quantitative estimate of drug-likeness (QED) is 0.552. The zero-order valence-electron chi connectivity index (χ0n) is 17.1. The molecule has 7 nitrogen and oxygen atoms in total. The van der Waals surface area contributed by atoms with Crippen LogP contribution in [0, 0.1) is 17.0 Å². The lowest BCUT2D eigenvalue weighted by molar-refractivity contribution is -0.892.